The number of hydrogen-bond acceptors (Lipinski definition) is 9. The zero-order valence-corrected chi connectivity index (χ0v) is 22.5. The van der Waals surface area contributed by atoms with Gasteiger partial charge in [-0.1, -0.05) is 30.0 Å². The topological polar surface area (TPSA) is 112 Å². The molecule has 0 fully saturated rings. The van der Waals surface area contributed by atoms with Gasteiger partial charge in [0, 0.05) is 11.4 Å². The van der Waals surface area contributed by atoms with Crippen molar-refractivity contribution in [2.24, 2.45) is 0 Å². The number of carbonyl (C=O) groups excluding carboxylic acids is 1. The van der Waals surface area contributed by atoms with E-state index >= 15 is 0 Å². The Morgan fingerprint density at radius 1 is 1.11 bits per heavy atom. The number of fused-ring (bicyclic) bond motifs is 1. The zero-order valence-electron chi connectivity index (χ0n) is 21.6. The van der Waals surface area contributed by atoms with Gasteiger partial charge in [0.05, 0.1) is 45.0 Å². The maximum absolute atomic E-state index is 14.1. The van der Waals surface area contributed by atoms with Crippen molar-refractivity contribution in [3.8, 4) is 17.2 Å². The summed E-state index contributed by atoms with van der Waals surface area (Å²) in [4.78, 5) is 34.0. The maximum atomic E-state index is 14.1. The minimum Gasteiger partial charge on any atom is -0.493 e. The summed E-state index contributed by atoms with van der Waals surface area (Å²) >= 11 is 1.19. The normalized spacial score (nSPS) is 14.4. The number of nitrogens with one attached hydrogen (secondary N) is 2. The Labute approximate surface area is 223 Å². The van der Waals surface area contributed by atoms with Crippen LogP contribution in [0.4, 0.5) is 10.2 Å². The average Bonchev–Trinajstić information content (AvgIpc) is 2.90. The van der Waals surface area contributed by atoms with E-state index in [1.165, 1.54) is 39.2 Å². The van der Waals surface area contributed by atoms with Crippen LogP contribution < -0.4 is 25.1 Å². The smallest absolute Gasteiger partial charge is 0.336 e. The number of aromatic nitrogens is 2. The summed E-state index contributed by atoms with van der Waals surface area (Å²) in [6, 6.07) is 9.80. The molecular formula is C27H28FN3O6S. The Hall–Kier alpha value is -3.99. The number of aromatic amines is 1. The third kappa shape index (κ3) is 5.19. The molecule has 2 heterocycles. The molecule has 2 N–H and O–H groups in total. The summed E-state index contributed by atoms with van der Waals surface area (Å²) in [5, 5.41) is 3.40. The molecule has 2 aromatic carbocycles. The monoisotopic (exact) mass is 541 g/mol. The number of anilines is 1. The van der Waals surface area contributed by atoms with E-state index in [2.05, 4.69) is 15.3 Å². The van der Waals surface area contributed by atoms with Crippen molar-refractivity contribution >= 4 is 23.5 Å². The van der Waals surface area contributed by atoms with Crippen molar-refractivity contribution in [3.05, 3.63) is 80.5 Å². The molecule has 1 atom stereocenters. The van der Waals surface area contributed by atoms with E-state index in [1.54, 1.807) is 44.2 Å². The Balaban J connectivity index is 1.85. The van der Waals surface area contributed by atoms with Crippen molar-refractivity contribution in [2.75, 3.05) is 33.3 Å². The summed E-state index contributed by atoms with van der Waals surface area (Å²) in [6.45, 7) is 3.58. The molecular weight excluding hydrogens is 513 g/mol. The van der Waals surface area contributed by atoms with Crippen molar-refractivity contribution < 1.29 is 28.1 Å². The third-order valence-corrected chi connectivity index (χ3v) is 6.98. The maximum Gasteiger partial charge on any atom is 0.336 e. The van der Waals surface area contributed by atoms with Crippen molar-refractivity contribution in [1.82, 2.24) is 9.97 Å². The molecule has 1 unspecified atom stereocenters. The van der Waals surface area contributed by atoms with Gasteiger partial charge in [-0.3, -0.25) is 4.79 Å². The number of ether oxygens (including phenoxy) is 4. The Morgan fingerprint density at radius 3 is 2.39 bits per heavy atom. The van der Waals surface area contributed by atoms with Crippen LogP contribution >= 0.6 is 11.8 Å². The molecule has 0 saturated carbocycles. The Morgan fingerprint density at radius 2 is 1.79 bits per heavy atom. The molecule has 38 heavy (non-hydrogen) atoms. The number of carbonyl (C=O) groups is 1. The van der Waals surface area contributed by atoms with E-state index in [-0.39, 0.29) is 35.1 Å². The second-order valence-electron chi connectivity index (χ2n) is 8.29. The fraction of sp³-hybridized carbons (Fsp3) is 0.296. The number of benzene rings is 2. The number of methoxy groups -OCH3 is 3. The number of hydrogen-bond donors (Lipinski definition) is 2. The van der Waals surface area contributed by atoms with Crippen LogP contribution in [0, 0.1) is 5.82 Å². The average molecular weight is 542 g/mol. The van der Waals surface area contributed by atoms with Gasteiger partial charge in [0.25, 0.3) is 5.56 Å². The van der Waals surface area contributed by atoms with E-state index < -0.39 is 17.4 Å². The van der Waals surface area contributed by atoms with Crippen LogP contribution in [-0.4, -0.2) is 43.9 Å². The number of H-pyrrole nitrogens is 1. The van der Waals surface area contributed by atoms with Gasteiger partial charge in [-0.2, -0.15) is 0 Å². The summed E-state index contributed by atoms with van der Waals surface area (Å²) in [5.74, 6) is -0.0899. The van der Waals surface area contributed by atoms with Gasteiger partial charge in [0.2, 0.25) is 5.75 Å². The number of esters is 1. The predicted octanol–water partition coefficient (Wildman–Crippen LogP) is 4.62. The molecule has 0 radical (unpaired) electrons. The van der Waals surface area contributed by atoms with Gasteiger partial charge >= 0.3 is 5.97 Å². The molecule has 1 aliphatic rings. The summed E-state index contributed by atoms with van der Waals surface area (Å²) in [7, 11) is 4.46. The molecule has 3 aromatic rings. The van der Waals surface area contributed by atoms with E-state index in [1.807, 2.05) is 0 Å². The minimum absolute atomic E-state index is 0.157. The molecule has 0 saturated heterocycles. The van der Waals surface area contributed by atoms with Gasteiger partial charge in [0.15, 0.2) is 16.7 Å². The molecule has 4 rings (SSSR count). The molecule has 9 nitrogen and oxygen atoms in total. The highest BCUT2D eigenvalue weighted by atomic mass is 32.2. The highest BCUT2D eigenvalue weighted by molar-refractivity contribution is 7.98. The van der Waals surface area contributed by atoms with Gasteiger partial charge in [0.1, 0.15) is 11.6 Å². The highest BCUT2D eigenvalue weighted by Gasteiger charge is 2.37. The van der Waals surface area contributed by atoms with Crippen molar-refractivity contribution in [2.45, 2.75) is 30.7 Å². The van der Waals surface area contributed by atoms with E-state index in [0.717, 1.165) is 0 Å². The van der Waals surface area contributed by atoms with Crippen LogP contribution in [0.2, 0.25) is 0 Å². The number of nitrogens with zero attached hydrogens (tertiary/aromatic N) is 1. The molecule has 11 heteroatoms. The Bertz CT molecular complexity index is 1430. The largest absolute Gasteiger partial charge is 0.493 e. The van der Waals surface area contributed by atoms with Crippen molar-refractivity contribution in [1.29, 1.82) is 0 Å². The number of rotatable bonds is 9. The molecule has 0 amide bonds. The first-order chi connectivity index (χ1) is 18.3. The SMILES string of the molecule is CCOC(=O)C1=C(C)Nc2nc(SCc3ccccc3F)[nH]c(=O)c2C1c1cc(OC)c(OC)c(OC)c1. The lowest BCUT2D eigenvalue weighted by Crippen LogP contribution is -2.31. The number of halogens is 1. The number of allylic oxidation sites excluding steroid dienone is 1. The summed E-state index contributed by atoms with van der Waals surface area (Å²) < 4.78 is 35.9. The molecule has 0 bridgehead atoms. The van der Waals surface area contributed by atoms with Crippen LogP contribution in [0.5, 0.6) is 17.2 Å². The quantitative estimate of drug-likeness (QED) is 0.228. The lowest BCUT2D eigenvalue weighted by atomic mass is 9.82. The zero-order chi connectivity index (χ0) is 27.4. The van der Waals surface area contributed by atoms with Crippen LogP contribution in [0.3, 0.4) is 0 Å². The lowest BCUT2D eigenvalue weighted by Gasteiger charge is -2.29. The standard InChI is InChI=1S/C27H28FN3O6S/c1-6-37-26(33)20-14(2)29-24-22(21(20)16-11-18(34-3)23(36-5)19(12-16)35-4)25(32)31-27(30-24)38-13-15-9-7-8-10-17(15)28/h7-12,21H,6,13H2,1-5H3,(H2,29,30,31,32). The number of thioether (sulfide) groups is 1. The van der Waals surface area contributed by atoms with Crippen LogP contribution in [0.15, 0.2) is 57.6 Å². The first-order valence-corrected chi connectivity index (χ1v) is 12.8. The van der Waals surface area contributed by atoms with Gasteiger partial charge in [-0.25, -0.2) is 14.2 Å². The van der Waals surface area contributed by atoms with E-state index in [9.17, 15) is 14.0 Å². The fourth-order valence-corrected chi connectivity index (χ4v) is 5.19. The van der Waals surface area contributed by atoms with Crippen LogP contribution in [-0.2, 0) is 15.3 Å². The molecule has 0 spiro atoms. The fourth-order valence-electron chi connectivity index (χ4n) is 4.34. The second-order valence-corrected chi connectivity index (χ2v) is 9.25. The van der Waals surface area contributed by atoms with Crippen molar-refractivity contribution in [3.63, 3.8) is 0 Å². The molecule has 0 aliphatic carbocycles. The van der Waals surface area contributed by atoms with Crippen LogP contribution in [0.1, 0.15) is 36.5 Å². The third-order valence-electron chi connectivity index (χ3n) is 6.06. The molecule has 200 valence electrons. The van der Waals surface area contributed by atoms with E-state index in [0.29, 0.717) is 39.2 Å². The molecule has 1 aromatic heterocycles. The first kappa shape index (κ1) is 27.1. The van der Waals surface area contributed by atoms with Gasteiger partial charge in [-0.15, -0.1) is 0 Å². The second kappa shape index (κ2) is 11.6. The first-order valence-electron chi connectivity index (χ1n) is 11.8. The van der Waals surface area contributed by atoms with Crippen LogP contribution in [0.25, 0.3) is 0 Å². The summed E-state index contributed by atoms with van der Waals surface area (Å²) in [5.41, 5.74) is 1.55. The van der Waals surface area contributed by atoms with Gasteiger partial charge < -0.3 is 29.2 Å². The molecule has 1 aliphatic heterocycles. The highest BCUT2D eigenvalue weighted by Crippen LogP contribution is 2.46. The minimum atomic E-state index is -0.846. The Kier molecular flexibility index (Phi) is 8.26. The van der Waals surface area contributed by atoms with Gasteiger partial charge in [-0.05, 0) is 43.2 Å². The van der Waals surface area contributed by atoms with E-state index in [4.69, 9.17) is 18.9 Å². The summed E-state index contributed by atoms with van der Waals surface area (Å²) in [6.07, 6.45) is 0. The lowest BCUT2D eigenvalue weighted by molar-refractivity contribution is -0.138. The predicted molar refractivity (Wildman–Crippen MR) is 142 cm³/mol.